The van der Waals surface area contributed by atoms with E-state index in [-0.39, 0.29) is 5.69 Å². The van der Waals surface area contributed by atoms with Crippen LogP contribution in [0.2, 0.25) is 0 Å². The highest BCUT2D eigenvalue weighted by molar-refractivity contribution is 6.04. The number of rotatable bonds is 4. The van der Waals surface area contributed by atoms with Crippen molar-refractivity contribution in [2.45, 2.75) is 0 Å². The van der Waals surface area contributed by atoms with Crippen molar-refractivity contribution < 1.29 is 13.6 Å². The number of benzene rings is 1. The van der Waals surface area contributed by atoms with Crippen LogP contribution in [0.4, 0.5) is 26.0 Å². The number of nitrogens with zero attached hydrogens (tertiary/aromatic N) is 4. The Hall–Kier alpha value is -3.55. The van der Waals surface area contributed by atoms with Gasteiger partial charge in [-0.3, -0.25) is 9.78 Å². The van der Waals surface area contributed by atoms with Crippen LogP contribution in [0.15, 0.2) is 61.1 Å². The van der Waals surface area contributed by atoms with Gasteiger partial charge < -0.3 is 15.1 Å². The fourth-order valence-corrected chi connectivity index (χ4v) is 3.24. The van der Waals surface area contributed by atoms with Gasteiger partial charge in [-0.1, -0.05) is 6.07 Å². The van der Waals surface area contributed by atoms with Crippen LogP contribution in [-0.4, -0.2) is 42.1 Å². The van der Waals surface area contributed by atoms with E-state index in [2.05, 4.69) is 25.1 Å². The summed E-state index contributed by atoms with van der Waals surface area (Å²) in [6, 6.07) is 10.6. The summed E-state index contributed by atoms with van der Waals surface area (Å²) >= 11 is 0. The van der Waals surface area contributed by atoms with Gasteiger partial charge in [0, 0.05) is 44.6 Å². The number of piperazine rings is 1. The van der Waals surface area contributed by atoms with Crippen LogP contribution in [0.25, 0.3) is 0 Å². The molecule has 6 nitrogen and oxygen atoms in total. The first kappa shape index (κ1) is 18.8. The minimum atomic E-state index is -0.826. The lowest BCUT2D eigenvalue weighted by Crippen LogP contribution is -2.46. The molecule has 29 heavy (non-hydrogen) atoms. The lowest BCUT2D eigenvalue weighted by molar-refractivity contribution is 0.102. The topological polar surface area (TPSA) is 61.4 Å². The average molecular weight is 395 g/mol. The molecule has 0 spiro atoms. The number of anilines is 3. The van der Waals surface area contributed by atoms with Gasteiger partial charge >= 0.3 is 0 Å². The zero-order valence-corrected chi connectivity index (χ0v) is 15.6. The molecule has 3 aromatic rings. The third-order valence-electron chi connectivity index (χ3n) is 4.78. The van der Waals surface area contributed by atoms with E-state index in [1.807, 2.05) is 18.2 Å². The number of nitrogens with one attached hydrogen (secondary N) is 1. The number of hydrogen-bond acceptors (Lipinski definition) is 5. The van der Waals surface area contributed by atoms with E-state index in [0.29, 0.717) is 5.56 Å². The predicted molar refractivity (Wildman–Crippen MR) is 107 cm³/mol. The molecule has 0 saturated carbocycles. The molecule has 1 saturated heterocycles. The molecule has 0 radical (unpaired) electrons. The smallest absolute Gasteiger partial charge is 0.257 e. The molecule has 148 valence electrons. The van der Waals surface area contributed by atoms with Gasteiger partial charge in [0.05, 0.1) is 23.1 Å². The van der Waals surface area contributed by atoms with Crippen molar-refractivity contribution in [3.63, 3.8) is 0 Å². The maximum Gasteiger partial charge on any atom is 0.257 e. The van der Waals surface area contributed by atoms with Crippen LogP contribution in [0.3, 0.4) is 0 Å². The van der Waals surface area contributed by atoms with Gasteiger partial charge in [0.25, 0.3) is 5.91 Å². The van der Waals surface area contributed by atoms with E-state index < -0.39 is 17.5 Å². The Kier molecular flexibility index (Phi) is 5.33. The molecule has 1 fully saturated rings. The summed E-state index contributed by atoms with van der Waals surface area (Å²) < 4.78 is 26.8. The Morgan fingerprint density at radius 1 is 0.966 bits per heavy atom. The summed E-state index contributed by atoms with van der Waals surface area (Å²) in [5.74, 6) is -1.08. The Morgan fingerprint density at radius 3 is 2.48 bits per heavy atom. The Bertz CT molecular complexity index is 1010. The fourth-order valence-electron chi connectivity index (χ4n) is 3.24. The summed E-state index contributed by atoms with van der Waals surface area (Å²) in [5.41, 5.74) is 1.04. The molecular weight excluding hydrogens is 376 g/mol. The number of pyridine rings is 2. The predicted octanol–water partition coefficient (Wildman–Crippen LogP) is 3.33. The molecule has 0 unspecified atom stereocenters. The molecule has 1 amide bonds. The second kappa shape index (κ2) is 8.22. The highest BCUT2D eigenvalue weighted by Crippen LogP contribution is 2.21. The van der Waals surface area contributed by atoms with Crippen molar-refractivity contribution in [3.8, 4) is 0 Å². The normalized spacial score (nSPS) is 14.0. The van der Waals surface area contributed by atoms with Crippen molar-refractivity contribution in [3.05, 3.63) is 78.3 Å². The molecule has 0 atom stereocenters. The Balaban J connectivity index is 1.43. The highest BCUT2D eigenvalue weighted by atomic mass is 19.1. The van der Waals surface area contributed by atoms with Crippen LogP contribution in [0, 0.1) is 11.6 Å². The molecule has 1 aromatic carbocycles. The number of amides is 1. The number of carbonyl (C=O) groups excluding carboxylic acids is 1. The molecule has 2 aromatic heterocycles. The molecule has 1 aliphatic heterocycles. The fraction of sp³-hybridized carbons (Fsp3) is 0.190. The second-order valence-corrected chi connectivity index (χ2v) is 6.67. The first-order valence-electron chi connectivity index (χ1n) is 9.22. The monoisotopic (exact) mass is 395 g/mol. The number of hydrogen-bond donors (Lipinski definition) is 1. The molecule has 1 aliphatic rings. The maximum atomic E-state index is 13.8. The van der Waals surface area contributed by atoms with Crippen molar-refractivity contribution in [1.82, 2.24) is 9.97 Å². The zero-order chi connectivity index (χ0) is 20.2. The van der Waals surface area contributed by atoms with Gasteiger partial charge in [0.1, 0.15) is 17.5 Å². The van der Waals surface area contributed by atoms with Crippen molar-refractivity contribution in [2.24, 2.45) is 0 Å². The van der Waals surface area contributed by atoms with Crippen molar-refractivity contribution in [1.29, 1.82) is 0 Å². The third kappa shape index (κ3) is 4.31. The molecular formula is C21H19F2N5O. The van der Waals surface area contributed by atoms with Gasteiger partial charge in [-0.05, 0) is 30.3 Å². The third-order valence-corrected chi connectivity index (χ3v) is 4.78. The van der Waals surface area contributed by atoms with E-state index in [9.17, 15) is 13.6 Å². The molecule has 0 bridgehead atoms. The second-order valence-electron chi connectivity index (χ2n) is 6.67. The van der Waals surface area contributed by atoms with Crippen molar-refractivity contribution in [2.75, 3.05) is 41.3 Å². The van der Waals surface area contributed by atoms with Crippen LogP contribution < -0.4 is 15.1 Å². The van der Waals surface area contributed by atoms with E-state index in [0.717, 1.165) is 49.8 Å². The van der Waals surface area contributed by atoms with Crippen LogP contribution in [0.1, 0.15) is 10.4 Å². The van der Waals surface area contributed by atoms with Crippen molar-refractivity contribution >= 4 is 23.1 Å². The largest absolute Gasteiger partial charge is 0.367 e. The van der Waals surface area contributed by atoms with E-state index in [4.69, 9.17) is 0 Å². The highest BCUT2D eigenvalue weighted by Gasteiger charge is 2.19. The van der Waals surface area contributed by atoms with Gasteiger partial charge in [-0.25, -0.2) is 13.8 Å². The maximum absolute atomic E-state index is 13.8. The molecule has 8 heteroatoms. The summed E-state index contributed by atoms with van der Waals surface area (Å²) in [6.45, 7) is 3.12. The number of carbonyl (C=O) groups is 1. The van der Waals surface area contributed by atoms with Gasteiger partial charge in [-0.2, -0.15) is 0 Å². The zero-order valence-electron chi connectivity index (χ0n) is 15.6. The van der Waals surface area contributed by atoms with Crippen LogP contribution >= 0.6 is 0 Å². The van der Waals surface area contributed by atoms with Crippen LogP contribution in [0.5, 0.6) is 0 Å². The standard InChI is InChI=1S/C21H19F2N5O/c22-16-4-5-19(18(23)12-16)26-21(29)15-11-17(14-24-13-15)27-7-9-28(10-8-27)20-3-1-2-6-25-20/h1-6,11-14H,7-10H2,(H,26,29). The average Bonchev–Trinajstić information content (AvgIpc) is 2.76. The van der Waals surface area contributed by atoms with Gasteiger partial charge in [-0.15, -0.1) is 0 Å². The first-order valence-corrected chi connectivity index (χ1v) is 9.22. The summed E-state index contributed by atoms with van der Waals surface area (Å²) in [5, 5.41) is 2.46. The lowest BCUT2D eigenvalue weighted by Gasteiger charge is -2.36. The molecule has 1 N–H and O–H groups in total. The number of aromatic nitrogens is 2. The van der Waals surface area contributed by atoms with Gasteiger partial charge in [0.2, 0.25) is 0 Å². The lowest BCUT2D eigenvalue weighted by atomic mass is 10.2. The van der Waals surface area contributed by atoms with Crippen LogP contribution in [-0.2, 0) is 0 Å². The summed E-state index contributed by atoms with van der Waals surface area (Å²) in [7, 11) is 0. The molecule has 3 heterocycles. The molecule has 0 aliphatic carbocycles. The summed E-state index contributed by atoms with van der Waals surface area (Å²) in [4.78, 5) is 25.4. The van der Waals surface area contributed by atoms with E-state index >= 15 is 0 Å². The first-order chi connectivity index (χ1) is 14.1. The molecule has 4 rings (SSSR count). The Labute approximate surface area is 166 Å². The SMILES string of the molecule is O=C(Nc1ccc(F)cc1F)c1cncc(N2CCN(c3ccccn3)CC2)c1. The van der Waals surface area contributed by atoms with Gasteiger partial charge in [0.15, 0.2) is 0 Å². The quantitative estimate of drug-likeness (QED) is 0.734. The number of halogens is 2. The summed E-state index contributed by atoms with van der Waals surface area (Å²) in [6.07, 6.45) is 4.90. The van der Waals surface area contributed by atoms with E-state index in [1.165, 1.54) is 12.3 Å². The van der Waals surface area contributed by atoms with E-state index in [1.54, 1.807) is 18.5 Å². The minimum absolute atomic E-state index is 0.0780. The Morgan fingerprint density at radius 2 is 1.76 bits per heavy atom. The minimum Gasteiger partial charge on any atom is -0.367 e.